The normalized spacial score (nSPS) is 14.8. The second-order valence-electron chi connectivity index (χ2n) is 7.49. The highest BCUT2D eigenvalue weighted by atomic mass is 35.5. The Labute approximate surface area is 198 Å². The number of anilines is 1. The van der Waals surface area contributed by atoms with E-state index in [-0.39, 0.29) is 33.2 Å². The van der Waals surface area contributed by atoms with E-state index in [1.807, 2.05) is 6.08 Å². The third kappa shape index (κ3) is 4.18. The summed E-state index contributed by atoms with van der Waals surface area (Å²) in [5.74, 6) is -1.78. The summed E-state index contributed by atoms with van der Waals surface area (Å²) < 4.78 is 39.6. The number of furan rings is 1. The summed E-state index contributed by atoms with van der Waals surface area (Å²) in [6.45, 7) is 2.53. The highest BCUT2D eigenvalue weighted by molar-refractivity contribution is 6.36. The number of nitrogens with two attached hydrogens (primary N) is 1. The third-order valence-electron chi connectivity index (χ3n) is 5.50. The molecule has 4 rings (SSSR count). The van der Waals surface area contributed by atoms with E-state index >= 15 is 0 Å². The summed E-state index contributed by atoms with van der Waals surface area (Å²) in [6, 6.07) is 0.465. The Morgan fingerprint density at radius 1 is 1.33 bits per heavy atom. The van der Waals surface area contributed by atoms with Crippen molar-refractivity contribution in [3.8, 4) is 5.75 Å². The van der Waals surface area contributed by atoms with Crippen molar-refractivity contribution in [1.29, 1.82) is 0 Å². The lowest BCUT2D eigenvalue weighted by Crippen LogP contribution is -2.40. The number of nitrogens with one attached hydrogen (secondary N) is 1. The van der Waals surface area contributed by atoms with Gasteiger partial charge in [-0.25, -0.2) is 18.6 Å². The van der Waals surface area contributed by atoms with Gasteiger partial charge in [0.05, 0.1) is 21.7 Å². The maximum absolute atomic E-state index is 14.0. The van der Waals surface area contributed by atoms with Crippen LogP contribution in [0.5, 0.6) is 5.75 Å². The Balaban J connectivity index is 1.69. The zero-order chi connectivity index (χ0) is 23.9. The molecular weight excluding hydrogens is 477 g/mol. The Kier molecular flexibility index (Phi) is 6.36. The van der Waals surface area contributed by atoms with Crippen molar-refractivity contribution in [1.82, 2.24) is 15.2 Å². The maximum Gasteiger partial charge on any atom is 0.317 e. The molecule has 0 radical (unpaired) electrons. The molecule has 0 saturated carbocycles. The van der Waals surface area contributed by atoms with Gasteiger partial charge in [-0.2, -0.15) is 0 Å². The van der Waals surface area contributed by atoms with Gasteiger partial charge in [0.2, 0.25) is 5.75 Å². The van der Waals surface area contributed by atoms with Crippen LogP contribution >= 0.6 is 23.2 Å². The fraction of sp³-hybridized carbons (Fsp3) is 0.273. The summed E-state index contributed by atoms with van der Waals surface area (Å²) in [4.78, 5) is 17.7. The van der Waals surface area contributed by atoms with Crippen LogP contribution in [0.1, 0.15) is 30.6 Å². The van der Waals surface area contributed by atoms with E-state index in [4.69, 9.17) is 38.1 Å². The second-order valence-corrected chi connectivity index (χ2v) is 8.24. The molecule has 1 aliphatic rings. The third-order valence-corrected chi connectivity index (χ3v) is 6.27. The second kappa shape index (κ2) is 9.07. The van der Waals surface area contributed by atoms with Crippen LogP contribution in [0, 0.1) is 11.6 Å². The minimum absolute atomic E-state index is 0.0304. The lowest BCUT2D eigenvalue weighted by atomic mass is 9.99. The number of nitrogens with zero attached hydrogens (tertiary/aromatic N) is 2. The number of carbonyl (C=O) groups is 1. The molecule has 0 bridgehead atoms. The lowest BCUT2D eigenvalue weighted by molar-refractivity contribution is 0.205. The number of amides is 2. The first-order valence-electron chi connectivity index (χ1n) is 10.0. The van der Waals surface area contributed by atoms with Crippen molar-refractivity contribution in [2.24, 2.45) is 0 Å². The molecular formula is C22H20Cl2F2N4O3. The lowest BCUT2D eigenvalue weighted by Gasteiger charge is -2.25. The highest BCUT2D eigenvalue weighted by Gasteiger charge is 2.26. The fourth-order valence-corrected chi connectivity index (χ4v) is 4.44. The zero-order valence-electron chi connectivity index (χ0n) is 17.7. The van der Waals surface area contributed by atoms with E-state index in [9.17, 15) is 13.6 Å². The maximum atomic E-state index is 14.0. The molecule has 7 nitrogen and oxygen atoms in total. The number of hydrogen-bond donors (Lipinski definition) is 2. The summed E-state index contributed by atoms with van der Waals surface area (Å²) in [5, 5.41) is 2.56. The molecule has 2 amide bonds. The number of rotatable bonds is 4. The van der Waals surface area contributed by atoms with Crippen molar-refractivity contribution in [3.05, 3.63) is 57.4 Å². The van der Waals surface area contributed by atoms with Gasteiger partial charge in [0.15, 0.2) is 11.4 Å². The van der Waals surface area contributed by atoms with Gasteiger partial charge in [0.1, 0.15) is 17.7 Å². The molecule has 11 heteroatoms. The smallest absolute Gasteiger partial charge is 0.317 e. The number of fused-ring (bicyclic) bond motifs is 1. The van der Waals surface area contributed by atoms with Crippen molar-refractivity contribution in [2.75, 3.05) is 25.9 Å². The van der Waals surface area contributed by atoms with Crippen molar-refractivity contribution in [3.63, 3.8) is 0 Å². The Bertz CT molecular complexity index is 1250. The number of nitrogen functional groups attached to an aromatic ring is 1. The minimum Gasteiger partial charge on any atom is -0.478 e. The standard InChI is InChI=1S/C22H20Cl2F2N4O3/c1-10(16-17(23)14(25)7-15(26)18(16)24)33-20-19-12(8-29-21(20)27)13(9-32-19)11-3-5-30(6-4-11)22(31)28-2/h3,7-10H,4-6H2,1-2H3,(H2,27,29)(H,28,31)/t10-/m1/s1. The van der Waals surface area contributed by atoms with Gasteiger partial charge in [0, 0.05) is 43.5 Å². The van der Waals surface area contributed by atoms with Crippen LogP contribution in [0.15, 0.2) is 29.0 Å². The molecule has 3 heterocycles. The molecule has 0 fully saturated rings. The van der Waals surface area contributed by atoms with Gasteiger partial charge in [-0.05, 0) is 18.9 Å². The van der Waals surface area contributed by atoms with E-state index < -0.39 is 17.7 Å². The molecule has 1 aromatic carbocycles. The van der Waals surface area contributed by atoms with Crippen molar-refractivity contribution < 1.29 is 22.7 Å². The number of halogens is 4. The molecule has 1 aliphatic heterocycles. The Hall–Kier alpha value is -3.04. The number of urea groups is 1. The van der Waals surface area contributed by atoms with Gasteiger partial charge in [0.25, 0.3) is 0 Å². The van der Waals surface area contributed by atoms with E-state index in [1.165, 1.54) is 6.92 Å². The van der Waals surface area contributed by atoms with Gasteiger partial charge < -0.3 is 25.1 Å². The van der Waals surface area contributed by atoms with Crippen LogP contribution in [0.2, 0.25) is 10.0 Å². The van der Waals surface area contributed by atoms with E-state index in [1.54, 1.807) is 24.4 Å². The molecule has 3 aromatic rings. The molecule has 33 heavy (non-hydrogen) atoms. The molecule has 0 unspecified atom stereocenters. The molecule has 2 aromatic heterocycles. The monoisotopic (exact) mass is 496 g/mol. The number of benzene rings is 1. The molecule has 3 N–H and O–H groups in total. The van der Waals surface area contributed by atoms with Gasteiger partial charge in [-0.3, -0.25) is 0 Å². The summed E-state index contributed by atoms with van der Waals surface area (Å²) in [6.07, 6.45) is 4.72. The molecule has 0 saturated heterocycles. The van der Waals surface area contributed by atoms with Crippen LogP contribution in [-0.4, -0.2) is 36.1 Å². The quantitative estimate of drug-likeness (QED) is 0.461. The zero-order valence-corrected chi connectivity index (χ0v) is 19.2. The number of aromatic nitrogens is 1. The van der Waals surface area contributed by atoms with Crippen LogP contribution in [0.3, 0.4) is 0 Å². The van der Waals surface area contributed by atoms with Gasteiger partial charge >= 0.3 is 6.03 Å². The largest absolute Gasteiger partial charge is 0.478 e. The number of hydrogen-bond acceptors (Lipinski definition) is 5. The molecule has 0 spiro atoms. The van der Waals surface area contributed by atoms with Crippen LogP contribution in [-0.2, 0) is 0 Å². The molecule has 174 valence electrons. The van der Waals surface area contributed by atoms with Crippen molar-refractivity contribution >= 4 is 51.6 Å². The first kappa shape index (κ1) is 23.1. The number of pyridine rings is 1. The Morgan fingerprint density at radius 3 is 2.64 bits per heavy atom. The minimum atomic E-state index is -0.964. The number of ether oxygens (including phenoxy) is 1. The first-order chi connectivity index (χ1) is 15.7. The SMILES string of the molecule is CNC(=O)N1CC=C(c2coc3c(O[C@H](C)c4c(Cl)c(F)cc(F)c4Cl)c(N)ncc23)CC1. The first-order valence-corrected chi connectivity index (χ1v) is 10.8. The Morgan fingerprint density at radius 2 is 2.03 bits per heavy atom. The highest BCUT2D eigenvalue weighted by Crippen LogP contribution is 2.41. The predicted octanol–water partition coefficient (Wildman–Crippen LogP) is 5.56. The number of carbonyl (C=O) groups excluding carboxylic acids is 1. The average molecular weight is 497 g/mol. The topological polar surface area (TPSA) is 93.6 Å². The van der Waals surface area contributed by atoms with Gasteiger partial charge in [-0.15, -0.1) is 0 Å². The fourth-order valence-electron chi connectivity index (χ4n) is 3.78. The van der Waals surface area contributed by atoms with E-state index in [0.717, 1.165) is 11.1 Å². The van der Waals surface area contributed by atoms with Crippen LogP contribution < -0.4 is 15.8 Å². The molecule has 1 atom stereocenters. The molecule has 0 aliphatic carbocycles. The summed E-state index contributed by atoms with van der Waals surface area (Å²) >= 11 is 12.0. The summed E-state index contributed by atoms with van der Waals surface area (Å²) in [5.41, 5.74) is 8.07. The van der Waals surface area contributed by atoms with Crippen molar-refractivity contribution in [2.45, 2.75) is 19.4 Å². The van der Waals surface area contributed by atoms with E-state index in [2.05, 4.69) is 10.3 Å². The van der Waals surface area contributed by atoms with Gasteiger partial charge in [-0.1, -0.05) is 29.3 Å². The average Bonchev–Trinajstić information content (AvgIpc) is 3.23. The van der Waals surface area contributed by atoms with Crippen LogP contribution in [0.4, 0.5) is 19.4 Å². The van der Waals surface area contributed by atoms with Crippen LogP contribution in [0.25, 0.3) is 16.5 Å². The van der Waals surface area contributed by atoms with E-state index in [0.29, 0.717) is 36.5 Å². The predicted molar refractivity (Wildman–Crippen MR) is 122 cm³/mol. The summed E-state index contributed by atoms with van der Waals surface area (Å²) in [7, 11) is 1.59.